The smallest absolute Gasteiger partial charge is 0.339 e. The summed E-state index contributed by atoms with van der Waals surface area (Å²) in [5.74, 6) is -1.25. The number of benzene rings is 1. The number of rotatable bonds is 4. The van der Waals surface area contributed by atoms with Gasteiger partial charge < -0.3 is 9.64 Å². The Bertz CT molecular complexity index is 716. The van der Waals surface area contributed by atoms with Crippen LogP contribution < -0.4 is 0 Å². The van der Waals surface area contributed by atoms with Crippen LogP contribution in [0.3, 0.4) is 0 Å². The first-order valence-electron chi connectivity index (χ1n) is 7.01. The van der Waals surface area contributed by atoms with Crippen molar-refractivity contribution in [2.45, 2.75) is 13.0 Å². The SMILES string of the molecule is COC(=O)c1ccc(C(=O)N(C)C(C)c2ccccc2F)nc1. The first-order valence-corrected chi connectivity index (χ1v) is 7.01. The molecule has 0 spiro atoms. The molecule has 1 heterocycles. The Labute approximate surface area is 133 Å². The molecule has 0 saturated heterocycles. The molecule has 0 aliphatic heterocycles. The summed E-state index contributed by atoms with van der Waals surface area (Å²) in [6, 6.07) is 8.76. The first-order chi connectivity index (χ1) is 11.0. The number of amides is 1. The van der Waals surface area contributed by atoms with Crippen LogP contribution in [0.1, 0.15) is 39.4 Å². The Balaban J connectivity index is 2.19. The number of esters is 1. The monoisotopic (exact) mass is 316 g/mol. The van der Waals surface area contributed by atoms with E-state index in [0.717, 1.165) is 0 Å². The molecule has 23 heavy (non-hydrogen) atoms. The molecule has 0 aliphatic rings. The van der Waals surface area contributed by atoms with Gasteiger partial charge in [-0.2, -0.15) is 0 Å². The minimum absolute atomic E-state index is 0.170. The van der Waals surface area contributed by atoms with E-state index >= 15 is 0 Å². The van der Waals surface area contributed by atoms with Crippen molar-refractivity contribution < 1.29 is 18.7 Å². The van der Waals surface area contributed by atoms with Crippen molar-refractivity contribution in [2.75, 3.05) is 14.2 Å². The molecule has 120 valence electrons. The van der Waals surface area contributed by atoms with E-state index in [0.29, 0.717) is 5.56 Å². The third kappa shape index (κ3) is 3.53. The van der Waals surface area contributed by atoms with Gasteiger partial charge in [0.25, 0.3) is 5.91 Å². The highest BCUT2D eigenvalue weighted by Crippen LogP contribution is 2.22. The predicted molar refractivity (Wildman–Crippen MR) is 82.5 cm³/mol. The summed E-state index contributed by atoms with van der Waals surface area (Å²) in [6.07, 6.45) is 1.28. The maximum absolute atomic E-state index is 13.8. The summed E-state index contributed by atoms with van der Waals surface area (Å²) in [5, 5.41) is 0. The molecule has 0 aliphatic carbocycles. The van der Waals surface area contributed by atoms with E-state index in [1.54, 1.807) is 32.2 Å². The van der Waals surface area contributed by atoms with Crippen molar-refractivity contribution in [1.29, 1.82) is 0 Å². The lowest BCUT2D eigenvalue weighted by Crippen LogP contribution is -2.30. The molecular formula is C17H17FN2O3. The number of hydrogen-bond donors (Lipinski definition) is 0. The summed E-state index contributed by atoms with van der Waals surface area (Å²) in [5.41, 5.74) is 0.853. The summed E-state index contributed by atoms with van der Waals surface area (Å²) in [4.78, 5) is 29.2. The number of nitrogens with zero attached hydrogens (tertiary/aromatic N) is 2. The second-order valence-electron chi connectivity index (χ2n) is 5.04. The second kappa shape index (κ2) is 7.00. The molecule has 5 nitrogen and oxygen atoms in total. The van der Waals surface area contributed by atoms with E-state index in [1.165, 1.54) is 36.4 Å². The van der Waals surface area contributed by atoms with Gasteiger partial charge in [0.1, 0.15) is 11.5 Å². The fourth-order valence-electron chi connectivity index (χ4n) is 2.14. The first kappa shape index (κ1) is 16.6. The van der Waals surface area contributed by atoms with Gasteiger partial charge in [0.05, 0.1) is 18.7 Å². The van der Waals surface area contributed by atoms with E-state index in [-0.39, 0.29) is 23.0 Å². The number of aromatic nitrogens is 1. The lowest BCUT2D eigenvalue weighted by molar-refractivity contribution is 0.0598. The minimum Gasteiger partial charge on any atom is -0.465 e. The molecule has 6 heteroatoms. The highest BCUT2D eigenvalue weighted by molar-refractivity contribution is 5.94. The average Bonchev–Trinajstić information content (AvgIpc) is 2.59. The number of carbonyl (C=O) groups excluding carboxylic acids is 2. The van der Waals surface area contributed by atoms with Gasteiger partial charge in [-0.3, -0.25) is 9.78 Å². The molecule has 0 fully saturated rings. The van der Waals surface area contributed by atoms with Gasteiger partial charge >= 0.3 is 5.97 Å². The fraction of sp³-hybridized carbons (Fsp3) is 0.235. The largest absolute Gasteiger partial charge is 0.465 e. The van der Waals surface area contributed by atoms with E-state index < -0.39 is 12.0 Å². The Morgan fingerprint density at radius 3 is 2.48 bits per heavy atom. The third-order valence-electron chi connectivity index (χ3n) is 3.66. The van der Waals surface area contributed by atoms with Gasteiger partial charge in [-0.15, -0.1) is 0 Å². The number of carbonyl (C=O) groups is 2. The van der Waals surface area contributed by atoms with Crippen LogP contribution in [-0.4, -0.2) is 35.9 Å². The van der Waals surface area contributed by atoms with Gasteiger partial charge in [0.15, 0.2) is 0 Å². The van der Waals surface area contributed by atoms with E-state index in [2.05, 4.69) is 9.72 Å². The predicted octanol–water partition coefficient (Wildman–Crippen LogP) is 2.84. The van der Waals surface area contributed by atoms with Crippen LogP contribution in [0.4, 0.5) is 4.39 Å². The number of halogens is 1. The van der Waals surface area contributed by atoms with Crippen LogP contribution in [0.15, 0.2) is 42.6 Å². The summed E-state index contributed by atoms with van der Waals surface area (Å²) in [7, 11) is 2.85. The van der Waals surface area contributed by atoms with E-state index in [4.69, 9.17) is 0 Å². The summed E-state index contributed by atoms with van der Waals surface area (Å²) < 4.78 is 18.4. The Kier molecular flexibility index (Phi) is 5.05. The zero-order chi connectivity index (χ0) is 17.0. The van der Waals surface area contributed by atoms with E-state index in [9.17, 15) is 14.0 Å². The van der Waals surface area contributed by atoms with Crippen molar-refractivity contribution in [3.05, 3.63) is 65.2 Å². The van der Waals surface area contributed by atoms with Crippen molar-refractivity contribution >= 4 is 11.9 Å². The molecule has 0 N–H and O–H groups in total. The molecule has 0 bridgehead atoms. The normalized spacial score (nSPS) is 11.7. The quantitative estimate of drug-likeness (QED) is 0.814. The Morgan fingerprint density at radius 2 is 1.91 bits per heavy atom. The zero-order valence-electron chi connectivity index (χ0n) is 13.1. The summed E-state index contributed by atoms with van der Waals surface area (Å²) in [6.45, 7) is 1.74. The number of pyridine rings is 1. The highest BCUT2D eigenvalue weighted by Gasteiger charge is 2.22. The summed E-state index contributed by atoms with van der Waals surface area (Å²) >= 11 is 0. The minimum atomic E-state index is -0.524. The molecule has 1 amide bonds. The molecule has 2 aromatic rings. The van der Waals surface area contributed by atoms with Gasteiger partial charge in [-0.05, 0) is 25.1 Å². The van der Waals surface area contributed by atoms with Crippen molar-refractivity contribution in [3.63, 3.8) is 0 Å². The third-order valence-corrected chi connectivity index (χ3v) is 3.66. The zero-order valence-corrected chi connectivity index (χ0v) is 13.1. The average molecular weight is 316 g/mol. The fourth-order valence-corrected chi connectivity index (χ4v) is 2.14. The molecule has 2 rings (SSSR count). The van der Waals surface area contributed by atoms with Crippen molar-refractivity contribution in [2.24, 2.45) is 0 Å². The lowest BCUT2D eigenvalue weighted by Gasteiger charge is -2.25. The number of methoxy groups -OCH3 is 1. The maximum atomic E-state index is 13.8. The van der Waals surface area contributed by atoms with Crippen LogP contribution in [-0.2, 0) is 4.74 Å². The standard InChI is InChI=1S/C17H17FN2O3/c1-11(13-6-4-5-7-14(13)18)20(2)16(21)15-9-8-12(10-19-15)17(22)23-3/h4-11H,1-3H3. The molecule has 1 unspecified atom stereocenters. The highest BCUT2D eigenvalue weighted by atomic mass is 19.1. The molecule has 1 aromatic heterocycles. The Morgan fingerprint density at radius 1 is 1.22 bits per heavy atom. The van der Waals surface area contributed by atoms with Crippen LogP contribution in [0.25, 0.3) is 0 Å². The second-order valence-corrected chi connectivity index (χ2v) is 5.04. The lowest BCUT2D eigenvalue weighted by atomic mass is 10.1. The maximum Gasteiger partial charge on any atom is 0.339 e. The Hall–Kier alpha value is -2.76. The van der Waals surface area contributed by atoms with Gasteiger partial charge in [-0.1, -0.05) is 18.2 Å². The molecule has 0 saturated carbocycles. The van der Waals surface area contributed by atoms with Crippen LogP contribution in [0.5, 0.6) is 0 Å². The number of ether oxygens (including phenoxy) is 1. The molecular weight excluding hydrogens is 299 g/mol. The van der Waals surface area contributed by atoms with Crippen LogP contribution >= 0.6 is 0 Å². The van der Waals surface area contributed by atoms with Crippen LogP contribution in [0.2, 0.25) is 0 Å². The van der Waals surface area contributed by atoms with Gasteiger partial charge in [-0.25, -0.2) is 9.18 Å². The number of hydrogen-bond acceptors (Lipinski definition) is 4. The topological polar surface area (TPSA) is 59.5 Å². The van der Waals surface area contributed by atoms with E-state index in [1.807, 2.05) is 0 Å². The van der Waals surface area contributed by atoms with Crippen molar-refractivity contribution in [1.82, 2.24) is 9.88 Å². The van der Waals surface area contributed by atoms with Gasteiger partial charge in [0, 0.05) is 18.8 Å². The van der Waals surface area contributed by atoms with Crippen molar-refractivity contribution in [3.8, 4) is 0 Å². The molecule has 1 aromatic carbocycles. The van der Waals surface area contributed by atoms with Crippen LogP contribution in [0, 0.1) is 5.82 Å². The van der Waals surface area contributed by atoms with Gasteiger partial charge in [0.2, 0.25) is 0 Å². The molecule has 0 radical (unpaired) electrons. The molecule has 1 atom stereocenters.